The molecule has 0 saturated heterocycles. The Morgan fingerprint density at radius 1 is 0.765 bits per heavy atom. The van der Waals surface area contributed by atoms with E-state index in [-0.39, 0.29) is 5.78 Å². The van der Waals surface area contributed by atoms with Crippen molar-refractivity contribution >= 4 is 17.2 Å². The van der Waals surface area contributed by atoms with E-state index in [1.54, 1.807) is 0 Å². The summed E-state index contributed by atoms with van der Waals surface area (Å²) in [5.74, 6) is 0.133. The highest BCUT2D eigenvalue weighted by Gasteiger charge is 2.37. The Morgan fingerprint density at radius 2 is 1.18 bits per heavy atom. The Labute approximate surface area is 101 Å². The Morgan fingerprint density at radius 3 is 1.65 bits per heavy atom. The topological polar surface area (TPSA) is 17.1 Å². The molecule has 0 fully saturated rings. The molecule has 2 heteroatoms. The number of hydrogen-bond donors (Lipinski definition) is 0. The summed E-state index contributed by atoms with van der Waals surface area (Å²) in [4.78, 5) is 12.4. The first kappa shape index (κ1) is 10.2. The van der Waals surface area contributed by atoms with Crippen LogP contribution in [0.4, 0.5) is 11.4 Å². The number of quaternary nitrogens is 1. The first-order valence-corrected chi connectivity index (χ1v) is 5.70. The van der Waals surface area contributed by atoms with Gasteiger partial charge >= 0.3 is 0 Å². The minimum absolute atomic E-state index is 0.133. The third kappa shape index (κ3) is 1.28. The lowest BCUT2D eigenvalue weighted by molar-refractivity contribution is 0.103. The van der Waals surface area contributed by atoms with Gasteiger partial charge in [0.1, 0.15) is 11.4 Å². The maximum atomic E-state index is 12.4. The molecule has 3 rings (SSSR count). The lowest BCUT2D eigenvalue weighted by atomic mass is 9.93. The first-order valence-electron chi connectivity index (χ1n) is 5.70. The number of ketones is 1. The molecule has 0 spiro atoms. The molecule has 0 bridgehead atoms. The van der Waals surface area contributed by atoms with Crippen molar-refractivity contribution in [2.75, 3.05) is 14.1 Å². The molecule has 2 aromatic carbocycles. The van der Waals surface area contributed by atoms with E-state index in [0.29, 0.717) is 4.48 Å². The van der Waals surface area contributed by atoms with Gasteiger partial charge < -0.3 is 0 Å². The molecule has 0 aliphatic carbocycles. The lowest BCUT2D eigenvalue weighted by Crippen LogP contribution is -2.40. The maximum Gasteiger partial charge on any atom is 0.205 e. The average molecular weight is 224 g/mol. The molecule has 2 aromatic rings. The van der Waals surface area contributed by atoms with Gasteiger partial charge in [-0.15, -0.1) is 0 Å². The molecular weight excluding hydrogens is 210 g/mol. The second-order valence-corrected chi connectivity index (χ2v) is 4.82. The Kier molecular flexibility index (Phi) is 1.98. The average Bonchev–Trinajstić information content (AvgIpc) is 2.37. The molecule has 1 aliphatic heterocycles. The molecule has 0 radical (unpaired) electrons. The van der Waals surface area contributed by atoms with E-state index in [1.165, 1.54) is 0 Å². The summed E-state index contributed by atoms with van der Waals surface area (Å²) >= 11 is 0. The van der Waals surface area contributed by atoms with Crippen LogP contribution in [0.1, 0.15) is 15.9 Å². The minimum Gasteiger partial charge on any atom is -0.288 e. The van der Waals surface area contributed by atoms with Gasteiger partial charge in [0, 0.05) is 12.1 Å². The Bertz CT molecular complexity index is 562. The van der Waals surface area contributed by atoms with Crippen LogP contribution < -0.4 is 4.48 Å². The normalized spacial score (nSPS) is 16.2. The van der Waals surface area contributed by atoms with Crippen molar-refractivity contribution in [3.8, 4) is 0 Å². The van der Waals surface area contributed by atoms with Crippen LogP contribution in [-0.4, -0.2) is 19.9 Å². The summed E-state index contributed by atoms with van der Waals surface area (Å²) < 4.78 is 0.623. The van der Waals surface area contributed by atoms with E-state index >= 15 is 0 Å². The Balaban J connectivity index is 2.38. The largest absolute Gasteiger partial charge is 0.288 e. The monoisotopic (exact) mass is 224 g/mol. The van der Waals surface area contributed by atoms with Gasteiger partial charge in [-0.2, -0.15) is 0 Å². The fraction of sp³-hybridized carbons (Fsp3) is 0.133. The van der Waals surface area contributed by atoms with Crippen molar-refractivity contribution in [1.82, 2.24) is 4.48 Å². The molecule has 0 atom stereocenters. The van der Waals surface area contributed by atoms with Gasteiger partial charge in [-0.05, 0) is 12.1 Å². The van der Waals surface area contributed by atoms with E-state index in [4.69, 9.17) is 0 Å². The highest BCUT2D eigenvalue weighted by Crippen LogP contribution is 2.41. The number of benzene rings is 2. The van der Waals surface area contributed by atoms with Crippen LogP contribution >= 0.6 is 0 Å². The number of rotatable bonds is 0. The zero-order valence-corrected chi connectivity index (χ0v) is 9.97. The molecule has 2 nitrogen and oxygen atoms in total. The molecular formula is C15H14NO+. The van der Waals surface area contributed by atoms with E-state index in [2.05, 4.69) is 14.1 Å². The summed E-state index contributed by atoms with van der Waals surface area (Å²) in [6.45, 7) is 0. The predicted octanol–water partition coefficient (Wildman–Crippen LogP) is 3.13. The highest BCUT2D eigenvalue weighted by molar-refractivity contribution is 6.17. The van der Waals surface area contributed by atoms with Crippen LogP contribution in [0.2, 0.25) is 0 Å². The number of para-hydroxylation sites is 2. The summed E-state index contributed by atoms with van der Waals surface area (Å²) in [5.41, 5.74) is 3.76. The minimum atomic E-state index is 0.133. The van der Waals surface area contributed by atoms with E-state index < -0.39 is 0 Å². The van der Waals surface area contributed by atoms with Crippen LogP contribution in [0.5, 0.6) is 0 Å². The molecule has 84 valence electrons. The second-order valence-electron chi connectivity index (χ2n) is 4.82. The SMILES string of the molecule is C[N+]1(C)c2ccccc2C(=O)c2ccccc21. The fourth-order valence-electron chi connectivity index (χ4n) is 2.58. The van der Waals surface area contributed by atoms with Crippen molar-refractivity contribution in [1.29, 1.82) is 0 Å². The molecule has 0 unspecified atom stereocenters. The summed E-state index contributed by atoms with van der Waals surface area (Å²) in [5, 5.41) is 0. The van der Waals surface area contributed by atoms with Crippen LogP contribution in [0.25, 0.3) is 0 Å². The zero-order valence-electron chi connectivity index (χ0n) is 9.97. The summed E-state index contributed by atoms with van der Waals surface area (Å²) in [6.07, 6.45) is 0. The van der Waals surface area contributed by atoms with Crippen molar-refractivity contribution in [2.45, 2.75) is 0 Å². The van der Waals surface area contributed by atoms with Gasteiger partial charge in [-0.25, -0.2) is 0 Å². The van der Waals surface area contributed by atoms with Gasteiger partial charge in [0.05, 0.1) is 25.2 Å². The van der Waals surface area contributed by atoms with Gasteiger partial charge in [-0.3, -0.25) is 9.28 Å². The number of carbonyl (C=O) groups excluding carboxylic acids is 1. The van der Waals surface area contributed by atoms with Gasteiger partial charge in [0.15, 0.2) is 0 Å². The van der Waals surface area contributed by atoms with Gasteiger partial charge in [0.25, 0.3) is 0 Å². The Hall–Kier alpha value is -1.93. The van der Waals surface area contributed by atoms with E-state index in [1.807, 2.05) is 48.5 Å². The number of nitrogens with zero attached hydrogens (tertiary/aromatic N) is 1. The third-order valence-corrected chi connectivity index (χ3v) is 3.50. The fourth-order valence-corrected chi connectivity index (χ4v) is 2.58. The zero-order chi connectivity index (χ0) is 12.0. The van der Waals surface area contributed by atoms with Gasteiger partial charge in [-0.1, -0.05) is 24.3 Å². The summed E-state index contributed by atoms with van der Waals surface area (Å²) in [6, 6.07) is 15.7. The molecule has 0 N–H and O–H groups in total. The quantitative estimate of drug-likeness (QED) is 0.628. The van der Waals surface area contributed by atoms with Gasteiger partial charge in [0.2, 0.25) is 5.78 Å². The lowest BCUT2D eigenvalue weighted by Gasteiger charge is -2.34. The second kappa shape index (κ2) is 3.28. The van der Waals surface area contributed by atoms with E-state index in [9.17, 15) is 4.79 Å². The number of hydrogen-bond acceptors (Lipinski definition) is 1. The van der Waals surface area contributed by atoms with Crippen LogP contribution in [0.3, 0.4) is 0 Å². The predicted molar refractivity (Wildman–Crippen MR) is 69.6 cm³/mol. The number of fused-ring (bicyclic) bond motifs is 2. The van der Waals surface area contributed by atoms with Crippen molar-refractivity contribution < 1.29 is 4.79 Å². The molecule has 0 aromatic heterocycles. The van der Waals surface area contributed by atoms with Crippen molar-refractivity contribution in [2.24, 2.45) is 0 Å². The molecule has 0 saturated carbocycles. The number of carbonyl (C=O) groups is 1. The molecule has 1 heterocycles. The van der Waals surface area contributed by atoms with Crippen molar-refractivity contribution in [3.05, 3.63) is 59.7 Å². The van der Waals surface area contributed by atoms with Crippen LogP contribution in [0.15, 0.2) is 48.5 Å². The van der Waals surface area contributed by atoms with Crippen molar-refractivity contribution in [3.63, 3.8) is 0 Å². The standard InChI is InChI=1S/C15H14NO/c1-16(2)13-9-5-3-7-11(13)15(17)12-8-4-6-10-14(12)16/h3-10H,1-2H3/q+1. The van der Waals surface area contributed by atoms with E-state index in [0.717, 1.165) is 22.5 Å². The third-order valence-electron chi connectivity index (χ3n) is 3.50. The molecule has 0 amide bonds. The smallest absolute Gasteiger partial charge is 0.205 e. The van der Waals surface area contributed by atoms with Crippen LogP contribution in [0, 0.1) is 0 Å². The summed E-state index contributed by atoms with van der Waals surface area (Å²) in [7, 11) is 4.23. The highest BCUT2D eigenvalue weighted by atomic mass is 16.1. The molecule has 1 aliphatic rings. The first-order chi connectivity index (χ1) is 8.12. The maximum absolute atomic E-state index is 12.4. The van der Waals surface area contributed by atoms with Crippen LogP contribution in [-0.2, 0) is 0 Å². The molecule has 17 heavy (non-hydrogen) atoms.